The zero-order chi connectivity index (χ0) is 19.3. The maximum Gasteiger partial charge on any atom is 0.0650 e. The van der Waals surface area contributed by atoms with Gasteiger partial charge in [0.15, 0.2) is 0 Å². The summed E-state index contributed by atoms with van der Waals surface area (Å²) in [4.78, 5) is 4.85. The van der Waals surface area contributed by atoms with Gasteiger partial charge < -0.3 is 0 Å². The van der Waals surface area contributed by atoms with Crippen molar-refractivity contribution in [2.75, 3.05) is 0 Å². The Kier molecular flexibility index (Phi) is 5.52. The molecule has 1 unspecified atom stereocenters. The van der Waals surface area contributed by atoms with Gasteiger partial charge in [0.1, 0.15) is 0 Å². The third-order valence-electron chi connectivity index (χ3n) is 5.72. The van der Waals surface area contributed by atoms with E-state index in [0.717, 1.165) is 30.5 Å². The average Bonchev–Trinajstić information content (AvgIpc) is 3.12. The fourth-order valence-corrected chi connectivity index (χ4v) is 3.91. The van der Waals surface area contributed by atoms with Gasteiger partial charge in [-0.2, -0.15) is 5.10 Å². The summed E-state index contributed by atoms with van der Waals surface area (Å²) >= 11 is 0. The molecule has 3 nitrogen and oxygen atoms in total. The molecule has 0 saturated heterocycles. The zero-order valence-corrected chi connectivity index (χ0v) is 16.7. The minimum Gasteiger partial charge on any atom is -0.278 e. The van der Waals surface area contributed by atoms with Gasteiger partial charge in [-0.05, 0) is 73.4 Å². The van der Waals surface area contributed by atoms with E-state index in [-0.39, 0.29) is 5.92 Å². The van der Waals surface area contributed by atoms with Crippen LogP contribution in [0, 0.1) is 13.8 Å². The van der Waals surface area contributed by atoms with Gasteiger partial charge in [-0.1, -0.05) is 48.5 Å². The van der Waals surface area contributed by atoms with Crippen molar-refractivity contribution in [1.29, 1.82) is 0 Å². The molecule has 0 amide bonds. The summed E-state index contributed by atoms with van der Waals surface area (Å²) < 4.78 is 0. The van der Waals surface area contributed by atoms with Crippen LogP contribution in [0.15, 0.2) is 71.5 Å². The molecular weight excluding hydrogens is 342 g/mol. The molecule has 1 aliphatic rings. The summed E-state index contributed by atoms with van der Waals surface area (Å²) in [6.45, 7) is 4.43. The monoisotopic (exact) mass is 369 g/mol. The average molecular weight is 370 g/mol. The van der Waals surface area contributed by atoms with Gasteiger partial charge in [-0.3, -0.25) is 10.1 Å². The van der Waals surface area contributed by atoms with Gasteiger partial charge in [-0.15, -0.1) is 0 Å². The largest absolute Gasteiger partial charge is 0.278 e. The predicted molar refractivity (Wildman–Crippen MR) is 117 cm³/mol. The lowest BCUT2D eigenvalue weighted by Crippen LogP contribution is -2.08. The number of nitrogens with one attached hydrogen (secondary N) is 1. The van der Waals surface area contributed by atoms with E-state index in [9.17, 15) is 0 Å². The summed E-state index contributed by atoms with van der Waals surface area (Å²) in [7, 11) is 0. The first-order valence-electron chi connectivity index (χ1n) is 10.1. The number of aromatic amines is 1. The van der Waals surface area contributed by atoms with Gasteiger partial charge in [0.2, 0.25) is 0 Å². The highest BCUT2D eigenvalue weighted by Crippen LogP contribution is 2.34. The number of aryl methyl sites for hydroxylation is 1. The van der Waals surface area contributed by atoms with Crippen LogP contribution in [0.2, 0.25) is 0 Å². The molecule has 0 radical (unpaired) electrons. The van der Waals surface area contributed by atoms with E-state index >= 15 is 0 Å². The number of hydrogen-bond acceptors (Lipinski definition) is 2. The molecule has 0 bridgehead atoms. The maximum absolute atomic E-state index is 4.85. The van der Waals surface area contributed by atoms with Crippen molar-refractivity contribution in [3.05, 3.63) is 88.8 Å². The standard InChI is InChI=1S/C25H27N3/c1-18-7-6-8-22(19(18)2)23(25-9-4-3-5-15-26-25)17-20-10-12-21(13-11-20)24-14-16-27-28-24/h6-16,23H,3-5,17H2,1-2H3,(H,27,28). The van der Waals surface area contributed by atoms with Crippen LogP contribution < -0.4 is 0 Å². The number of allylic oxidation sites excluding steroid dienone is 2. The smallest absolute Gasteiger partial charge is 0.0650 e. The highest BCUT2D eigenvalue weighted by molar-refractivity contribution is 5.61. The van der Waals surface area contributed by atoms with Gasteiger partial charge in [0, 0.05) is 24.0 Å². The second kappa shape index (κ2) is 8.39. The van der Waals surface area contributed by atoms with Crippen LogP contribution in [0.1, 0.15) is 47.4 Å². The van der Waals surface area contributed by atoms with Crippen LogP contribution in [0.3, 0.4) is 0 Å². The molecule has 3 heteroatoms. The molecule has 0 saturated carbocycles. The Labute approximate surface area is 167 Å². The summed E-state index contributed by atoms with van der Waals surface area (Å²) in [5, 5.41) is 7.08. The van der Waals surface area contributed by atoms with E-state index in [1.165, 1.54) is 34.4 Å². The third-order valence-corrected chi connectivity index (χ3v) is 5.72. The molecule has 28 heavy (non-hydrogen) atoms. The van der Waals surface area contributed by atoms with Crippen molar-refractivity contribution in [1.82, 2.24) is 10.2 Å². The Morgan fingerprint density at radius 2 is 1.86 bits per heavy atom. The Balaban J connectivity index is 1.67. The number of nitrogens with zero attached hydrogens (tertiary/aromatic N) is 2. The lowest BCUT2D eigenvalue weighted by atomic mass is 9.85. The topological polar surface area (TPSA) is 41.0 Å². The lowest BCUT2D eigenvalue weighted by Gasteiger charge is -2.22. The molecular formula is C25H27N3. The Bertz CT molecular complexity index is 979. The number of hydrogen-bond donors (Lipinski definition) is 1. The van der Waals surface area contributed by atoms with Crippen LogP contribution in [-0.4, -0.2) is 16.4 Å². The number of aromatic nitrogens is 2. The molecule has 0 fully saturated rings. The summed E-state index contributed by atoms with van der Waals surface area (Å²) in [5.74, 6) is 0.284. The Hall–Kier alpha value is -2.94. The fraction of sp³-hybridized carbons (Fsp3) is 0.280. The van der Waals surface area contributed by atoms with Crippen molar-refractivity contribution < 1.29 is 0 Å². The molecule has 2 aromatic carbocycles. The molecule has 0 aliphatic carbocycles. The summed E-state index contributed by atoms with van der Waals surface area (Å²) in [6.07, 6.45) is 10.5. The molecule has 4 rings (SSSR count). The minimum absolute atomic E-state index is 0.284. The molecule has 1 aliphatic heterocycles. The summed E-state index contributed by atoms with van der Waals surface area (Å²) in [5.41, 5.74) is 8.86. The minimum atomic E-state index is 0.284. The fourth-order valence-electron chi connectivity index (χ4n) is 3.91. The van der Waals surface area contributed by atoms with Crippen LogP contribution >= 0.6 is 0 Å². The van der Waals surface area contributed by atoms with E-state index in [4.69, 9.17) is 4.99 Å². The van der Waals surface area contributed by atoms with Crippen molar-refractivity contribution in [3.8, 4) is 11.3 Å². The highest BCUT2D eigenvalue weighted by atomic mass is 15.1. The van der Waals surface area contributed by atoms with Crippen LogP contribution in [0.5, 0.6) is 0 Å². The van der Waals surface area contributed by atoms with E-state index in [2.05, 4.69) is 78.8 Å². The first-order valence-corrected chi connectivity index (χ1v) is 10.1. The van der Waals surface area contributed by atoms with Crippen molar-refractivity contribution >= 4 is 6.21 Å². The van der Waals surface area contributed by atoms with Gasteiger partial charge in [-0.25, -0.2) is 0 Å². The van der Waals surface area contributed by atoms with Crippen LogP contribution in [0.4, 0.5) is 0 Å². The number of rotatable bonds is 5. The van der Waals surface area contributed by atoms with Crippen LogP contribution in [0.25, 0.3) is 11.3 Å². The van der Waals surface area contributed by atoms with Gasteiger partial charge in [0.25, 0.3) is 0 Å². The van der Waals surface area contributed by atoms with Gasteiger partial charge in [0.05, 0.1) is 5.69 Å². The normalized spacial score (nSPS) is 15.1. The highest BCUT2D eigenvalue weighted by Gasteiger charge is 2.20. The molecule has 142 valence electrons. The molecule has 1 atom stereocenters. The number of H-pyrrole nitrogens is 1. The van der Waals surface area contributed by atoms with Crippen LogP contribution in [-0.2, 0) is 6.42 Å². The molecule has 0 spiro atoms. The van der Waals surface area contributed by atoms with E-state index in [0.29, 0.717) is 0 Å². The first-order chi connectivity index (χ1) is 13.7. The first kappa shape index (κ1) is 18.4. The number of benzene rings is 2. The maximum atomic E-state index is 4.85. The van der Waals surface area contributed by atoms with E-state index in [1.54, 1.807) is 6.20 Å². The molecule has 3 aromatic rings. The zero-order valence-electron chi connectivity index (χ0n) is 16.7. The molecule has 1 N–H and O–H groups in total. The SMILES string of the molecule is Cc1cccc(C(Cc2ccc(-c3ccn[nH]3)cc2)C2=CCCCC=N2)c1C. The van der Waals surface area contributed by atoms with E-state index in [1.807, 2.05) is 6.07 Å². The second-order valence-corrected chi connectivity index (χ2v) is 7.58. The summed E-state index contributed by atoms with van der Waals surface area (Å²) in [6, 6.07) is 17.4. The quantitative estimate of drug-likeness (QED) is 0.575. The predicted octanol–water partition coefficient (Wildman–Crippen LogP) is 6.16. The Morgan fingerprint density at radius 3 is 2.64 bits per heavy atom. The Morgan fingerprint density at radius 1 is 1.00 bits per heavy atom. The van der Waals surface area contributed by atoms with Crippen molar-refractivity contribution in [3.63, 3.8) is 0 Å². The number of aliphatic imine (C=N–C) groups is 1. The van der Waals surface area contributed by atoms with Crippen molar-refractivity contribution in [2.24, 2.45) is 4.99 Å². The third kappa shape index (κ3) is 3.99. The molecule has 2 heterocycles. The lowest BCUT2D eigenvalue weighted by molar-refractivity contribution is 0.763. The second-order valence-electron chi connectivity index (χ2n) is 7.58. The van der Waals surface area contributed by atoms with E-state index < -0.39 is 0 Å². The molecule has 1 aromatic heterocycles. The van der Waals surface area contributed by atoms with Crippen molar-refractivity contribution in [2.45, 2.75) is 45.4 Å². The van der Waals surface area contributed by atoms with Gasteiger partial charge >= 0.3 is 0 Å².